The Morgan fingerprint density at radius 2 is 2.12 bits per heavy atom. The summed E-state index contributed by atoms with van der Waals surface area (Å²) in [6.07, 6.45) is 5.84. The standard InChI is InChI=1S/C14H15NO/c1-4-12-8-14(16)15(9-12)13-6-5-10(2)11(3)7-13/h1,5-7,12H,8-9H2,2-3H3. The van der Waals surface area contributed by atoms with E-state index in [1.165, 1.54) is 11.1 Å². The Labute approximate surface area is 96.3 Å². The van der Waals surface area contributed by atoms with Gasteiger partial charge in [0.15, 0.2) is 0 Å². The molecule has 1 heterocycles. The van der Waals surface area contributed by atoms with Gasteiger partial charge in [-0.3, -0.25) is 4.79 Å². The monoisotopic (exact) mass is 213 g/mol. The van der Waals surface area contributed by atoms with Crippen LogP contribution in [0.2, 0.25) is 0 Å². The highest BCUT2D eigenvalue weighted by Gasteiger charge is 2.29. The van der Waals surface area contributed by atoms with Gasteiger partial charge in [-0.25, -0.2) is 0 Å². The molecule has 16 heavy (non-hydrogen) atoms. The number of aryl methyl sites for hydroxylation is 2. The molecule has 0 aromatic heterocycles. The van der Waals surface area contributed by atoms with Gasteiger partial charge in [-0.2, -0.15) is 0 Å². The molecule has 2 rings (SSSR count). The third-order valence-electron chi connectivity index (χ3n) is 3.16. The summed E-state index contributed by atoms with van der Waals surface area (Å²) in [6, 6.07) is 6.08. The number of hydrogen-bond donors (Lipinski definition) is 0. The number of hydrogen-bond acceptors (Lipinski definition) is 1. The average Bonchev–Trinajstić information content (AvgIpc) is 2.64. The molecule has 0 bridgehead atoms. The van der Waals surface area contributed by atoms with E-state index in [-0.39, 0.29) is 11.8 Å². The molecular formula is C14H15NO. The molecule has 0 saturated carbocycles. The third-order valence-corrected chi connectivity index (χ3v) is 3.16. The van der Waals surface area contributed by atoms with E-state index in [2.05, 4.69) is 19.8 Å². The minimum atomic E-state index is 0.0640. The van der Waals surface area contributed by atoms with Crippen LogP contribution < -0.4 is 4.90 Å². The highest BCUT2D eigenvalue weighted by atomic mass is 16.2. The van der Waals surface area contributed by atoms with Crippen LogP contribution in [0.25, 0.3) is 0 Å². The van der Waals surface area contributed by atoms with Crippen LogP contribution >= 0.6 is 0 Å². The zero-order valence-electron chi connectivity index (χ0n) is 9.66. The smallest absolute Gasteiger partial charge is 0.228 e. The van der Waals surface area contributed by atoms with Crippen LogP contribution in [-0.4, -0.2) is 12.5 Å². The fourth-order valence-electron chi connectivity index (χ4n) is 1.96. The van der Waals surface area contributed by atoms with Crippen LogP contribution in [-0.2, 0) is 4.79 Å². The lowest BCUT2D eigenvalue weighted by Crippen LogP contribution is -2.24. The summed E-state index contributed by atoms with van der Waals surface area (Å²) in [4.78, 5) is 13.6. The number of amides is 1. The maximum absolute atomic E-state index is 11.8. The molecule has 1 amide bonds. The second-order valence-corrected chi connectivity index (χ2v) is 4.34. The zero-order chi connectivity index (χ0) is 11.7. The molecule has 0 aliphatic carbocycles. The quantitative estimate of drug-likeness (QED) is 0.655. The molecule has 1 atom stereocenters. The molecule has 1 unspecified atom stereocenters. The number of rotatable bonds is 1. The molecule has 1 aliphatic rings. The van der Waals surface area contributed by atoms with Crippen molar-refractivity contribution < 1.29 is 4.79 Å². The van der Waals surface area contributed by atoms with Gasteiger partial charge in [0, 0.05) is 24.6 Å². The second kappa shape index (κ2) is 4.02. The molecule has 2 nitrogen and oxygen atoms in total. The minimum absolute atomic E-state index is 0.0640. The lowest BCUT2D eigenvalue weighted by molar-refractivity contribution is -0.117. The van der Waals surface area contributed by atoms with E-state index >= 15 is 0 Å². The van der Waals surface area contributed by atoms with Crippen molar-refractivity contribution >= 4 is 11.6 Å². The van der Waals surface area contributed by atoms with Gasteiger partial charge in [0.25, 0.3) is 0 Å². The van der Waals surface area contributed by atoms with E-state index in [4.69, 9.17) is 6.42 Å². The first-order chi connectivity index (χ1) is 7.61. The Hall–Kier alpha value is -1.75. The number of carbonyl (C=O) groups excluding carboxylic acids is 1. The van der Waals surface area contributed by atoms with Gasteiger partial charge in [-0.1, -0.05) is 6.07 Å². The van der Waals surface area contributed by atoms with Gasteiger partial charge in [0.05, 0.1) is 0 Å². The number of carbonyl (C=O) groups is 1. The predicted molar refractivity (Wildman–Crippen MR) is 65.2 cm³/mol. The molecule has 82 valence electrons. The van der Waals surface area contributed by atoms with Crippen LogP contribution in [0.5, 0.6) is 0 Å². The van der Waals surface area contributed by atoms with E-state index in [1.54, 1.807) is 4.90 Å². The fraction of sp³-hybridized carbons (Fsp3) is 0.357. The number of nitrogens with zero attached hydrogens (tertiary/aromatic N) is 1. The van der Waals surface area contributed by atoms with Crippen molar-refractivity contribution in [2.45, 2.75) is 20.3 Å². The molecule has 0 radical (unpaired) electrons. The lowest BCUT2D eigenvalue weighted by Gasteiger charge is -2.17. The van der Waals surface area contributed by atoms with Crippen LogP contribution in [0, 0.1) is 32.1 Å². The van der Waals surface area contributed by atoms with E-state index in [0.29, 0.717) is 13.0 Å². The van der Waals surface area contributed by atoms with Crippen molar-refractivity contribution in [1.82, 2.24) is 0 Å². The summed E-state index contributed by atoms with van der Waals surface area (Å²) in [6.45, 7) is 4.77. The normalized spacial score (nSPS) is 19.9. The van der Waals surface area contributed by atoms with Gasteiger partial charge in [-0.15, -0.1) is 12.3 Å². The van der Waals surface area contributed by atoms with Crippen molar-refractivity contribution in [2.24, 2.45) is 5.92 Å². The maximum atomic E-state index is 11.8. The first kappa shape index (κ1) is 10.8. The number of terminal acetylenes is 1. The van der Waals surface area contributed by atoms with Gasteiger partial charge in [-0.05, 0) is 37.1 Å². The van der Waals surface area contributed by atoms with Crippen molar-refractivity contribution in [3.63, 3.8) is 0 Å². The molecule has 1 saturated heterocycles. The summed E-state index contributed by atoms with van der Waals surface area (Å²) in [5, 5.41) is 0. The predicted octanol–water partition coefficient (Wildman–Crippen LogP) is 2.29. The Bertz CT molecular complexity index is 470. The minimum Gasteiger partial charge on any atom is -0.311 e. The van der Waals surface area contributed by atoms with E-state index in [0.717, 1.165) is 5.69 Å². The molecule has 1 aromatic rings. The topological polar surface area (TPSA) is 20.3 Å². The fourth-order valence-corrected chi connectivity index (χ4v) is 1.96. The van der Waals surface area contributed by atoms with Crippen LogP contribution in [0.3, 0.4) is 0 Å². The van der Waals surface area contributed by atoms with Gasteiger partial charge < -0.3 is 4.90 Å². The molecule has 0 N–H and O–H groups in total. The third kappa shape index (κ3) is 1.81. The van der Waals surface area contributed by atoms with Crippen molar-refractivity contribution in [2.75, 3.05) is 11.4 Å². The average molecular weight is 213 g/mol. The van der Waals surface area contributed by atoms with Gasteiger partial charge in [0.2, 0.25) is 5.91 Å². The van der Waals surface area contributed by atoms with Crippen molar-refractivity contribution in [3.05, 3.63) is 29.3 Å². The highest BCUT2D eigenvalue weighted by Crippen LogP contribution is 2.26. The molecule has 1 aromatic carbocycles. The largest absolute Gasteiger partial charge is 0.311 e. The van der Waals surface area contributed by atoms with E-state index < -0.39 is 0 Å². The first-order valence-corrected chi connectivity index (χ1v) is 5.45. The Morgan fingerprint density at radius 3 is 2.69 bits per heavy atom. The van der Waals surface area contributed by atoms with E-state index in [1.807, 2.05) is 18.2 Å². The van der Waals surface area contributed by atoms with Crippen LogP contribution in [0.1, 0.15) is 17.5 Å². The summed E-state index contributed by atoms with van der Waals surface area (Å²) in [5.41, 5.74) is 3.41. The summed E-state index contributed by atoms with van der Waals surface area (Å²) in [7, 11) is 0. The van der Waals surface area contributed by atoms with Crippen LogP contribution in [0.4, 0.5) is 5.69 Å². The molecule has 1 aliphatic heterocycles. The maximum Gasteiger partial charge on any atom is 0.228 e. The molecule has 1 fully saturated rings. The lowest BCUT2D eigenvalue weighted by atomic mass is 10.1. The molecular weight excluding hydrogens is 198 g/mol. The number of benzene rings is 1. The Balaban J connectivity index is 2.29. The van der Waals surface area contributed by atoms with Crippen LogP contribution in [0.15, 0.2) is 18.2 Å². The van der Waals surface area contributed by atoms with Gasteiger partial charge >= 0.3 is 0 Å². The van der Waals surface area contributed by atoms with E-state index in [9.17, 15) is 4.79 Å². The summed E-state index contributed by atoms with van der Waals surface area (Å²) in [5.74, 6) is 2.85. The molecule has 0 spiro atoms. The van der Waals surface area contributed by atoms with Crippen molar-refractivity contribution in [3.8, 4) is 12.3 Å². The van der Waals surface area contributed by atoms with Crippen molar-refractivity contribution in [1.29, 1.82) is 0 Å². The Morgan fingerprint density at radius 1 is 1.38 bits per heavy atom. The first-order valence-electron chi connectivity index (χ1n) is 5.45. The molecule has 2 heteroatoms. The number of anilines is 1. The highest BCUT2D eigenvalue weighted by molar-refractivity contribution is 5.96. The zero-order valence-corrected chi connectivity index (χ0v) is 9.66. The Kier molecular flexibility index (Phi) is 2.70. The SMILES string of the molecule is C#CC1CC(=O)N(c2ccc(C)c(C)c2)C1. The second-order valence-electron chi connectivity index (χ2n) is 4.34. The summed E-state index contributed by atoms with van der Waals surface area (Å²) >= 11 is 0. The van der Waals surface area contributed by atoms with Gasteiger partial charge in [0.1, 0.15) is 0 Å². The summed E-state index contributed by atoms with van der Waals surface area (Å²) < 4.78 is 0.